The molecular formula is C16H14FN5O2. The van der Waals surface area contributed by atoms with E-state index in [-0.39, 0.29) is 24.2 Å². The van der Waals surface area contributed by atoms with Crippen molar-refractivity contribution in [3.63, 3.8) is 0 Å². The van der Waals surface area contributed by atoms with Gasteiger partial charge in [0, 0.05) is 11.6 Å². The van der Waals surface area contributed by atoms with Crippen LogP contribution >= 0.6 is 0 Å². The van der Waals surface area contributed by atoms with E-state index in [1.54, 1.807) is 18.2 Å². The summed E-state index contributed by atoms with van der Waals surface area (Å²) in [4.78, 5) is 23.9. The first-order valence-corrected chi connectivity index (χ1v) is 7.63. The molecule has 4 rings (SSSR count). The second-order valence-corrected chi connectivity index (χ2v) is 5.82. The highest BCUT2D eigenvalue weighted by molar-refractivity contribution is 5.78. The molecule has 0 spiro atoms. The van der Waals surface area contributed by atoms with Gasteiger partial charge in [-0.1, -0.05) is 0 Å². The molecule has 8 heteroatoms. The summed E-state index contributed by atoms with van der Waals surface area (Å²) >= 11 is 0. The fourth-order valence-electron chi connectivity index (χ4n) is 2.49. The number of H-pyrrole nitrogens is 1. The lowest BCUT2D eigenvalue weighted by atomic mass is 10.1. The number of nitrogens with zero attached hydrogens (tertiary/aromatic N) is 3. The fourth-order valence-corrected chi connectivity index (χ4v) is 2.49. The third-order valence-electron chi connectivity index (χ3n) is 3.87. The van der Waals surface area contributed by atoms with Crippen LogP contribution in [0.15, 0.2) is 35.1 Å². The van der Waals surface area contributed by atoms with Gasteiger partial charge >= 0.3 is 0 Å². The predicted octanol–water partition coefficient (Wildman–Crippen LogP) is 1.04. The van der Waals surface area contributed by atoms with Crippen LogP contribution in [0.2, 0.25) is 0 Å². The van der Waals surface area contributed by atoms with Gasteiger partial charge in [0.2, 0.25) is 5.91 Å². The summed E-state index contributed by atoms with van der Waals surface area (Å²) in [5.41, 5.74) is 1.07. The van der Waals surface area contributed by atoms with Crippen molar-refractivity contribution in [1.82, 2.24) is 25.1 Å². The van der Waals surface area contributed by atoms with Gasteiger partial charge in [0.1, 0.15) is 11.3 Å². The predicted molar refractivity (Wildman–Crippen MR) is 83.9 cm³/mol. The maximum absolute atomic E-state index is 13.1. The van der Waals surface area contributed by atoms with Crippen LogP contribution < -0.4 is 10.9 Å². The summed E-state index contributed by atoms with van der Waals surface area (Å²) in [5.74, 6) is -0.159. The van der Waals surface area contributed by atoms with E-state index >= 15 is 0 Å². The van der Waals surface area contributed by atoms with Gasteiger partial charge in [0.05, 0.1) is 12.1 Å². The van der Waals surface area contributed by atoms with Crippen LogP contribution in [0.4, 0.5) is 4.39 Å². The molecule has 2 N–H and O–H groups in total. The molecule has 0 aliphatic heterocycles. The SMILES string of the molecule is O=C(Cc1n[nH]c(=O)c2cc(-c3ccc(F)cc3)nn12)NC1CC1. The Morgan fingerprint density at radius 2 is 2.08 bits per heavy atom. The van der Waals surface area contributed by atoms with Crippen LogP contribution in [-0.2, 0) is 11.2 Å². The van der Waals surface area contributed by atoms with Crippen molar-refractivity contribution < 1.29 is 9.18 Å². The Morgan fingerprint density at radius 3 is 2.79 bits per heavy atom. The van der Waals surface area contributed by atoms with Crippen molar-refractivity contribution >= 4 is 11.4 Å². The smallest absolute Gasteiger partial charge is 0.290 e. The maximum atomic E-state index is 13.1. The third kappa shape index (κ3) is 2.78. The van der Waals surface area contributed by atoms with Crippen molar-refractivity contribution in [1.29, 1.82) is 0 Å². The molecule has 0 unspecified atom stereocenters. The molecule has 24 heavy (non-hydrogen) atoms. The minimum atomic E-state index is -0.401. The summed E-state index contributed by atoms with van der Waals surface area (Å²) in [6.45, 7) is 0. The van der Waals surface area contributed by atoms with E-state index in [4.69, 9.17) is 0 Å². The van der Waals surface area contributed by atoms with Crippen LogP contribution in [0.25, 0.3) is 16.8 Å². The normalized spacial score (nSPS) is 14.0. The number of nitrogens with one attached hydrogen (secondary N) is 2. The molecule has 1 fully saturated rings. The standard InChI is InChI=1S/C16H14FN5O2/c17-10-3-1-9(2-4-10)12-7-13-16(24)20-19-14(22(13)21-12)8-15(23)18-11-5-6-11/h1-4,7,11H,5-6,8H2,(H,18,23)(H,20,24). The van der Waals surface area contributed by atoms with Crippen LogP contribution in [-0.4, -0.2) is 31.8 Å². The number of hydrogen-bond donors (Lipinski definition) is 2. The van der Waals surface area contributed by atoms with Crippen LogP contribution in [0.5, 0.6) is 0 Å². The van der Waals surface area contributed by atoms with E-state index in [1.165, 1.54) is 16.6 Å². The molecule has 0 saturated heterocycles. The number of carbonyl (C=O) groups excluding carboxylic acids is 1. The highest BCUT2D eigenvalue weighted by atomic mass is 19.1. The Labute approximate surface area is 135 Å². The van der Waals surface area contributed by atoms with Crippen LogP contribution in [0, 0.1) is 5.82 Å². The molecule has 0 bridgehead atoms. The molecule has 1 aliphatic rings. The molecule has 7 nitrogen and oxygen atoms in total. The van der Waals surface area contributed by atoms with E-state index in [9.17, 15) is 14.0 Å². The van der Waals surface area contributed by atoms with Gasteiger partial charge in [-0.2, -0.15) is 10.2 Å². The molecule has 2 heterocycles. The van der Waals surface area contributed by atoms with Crippen molar-refractivity contribution in [3.05, 3.63) is 52.3 Å². The van der Waals surface area contributed by atoms with E-state index in [0.717, 1.165) is 12.8 Å². The lowest BCUT2D eigenvalue weighted by Crippen LogP contribution is -2.29. The molecule has 1 aliphatic carbocycles. The topological polar surface area (TPSA) is 92.2 Å². The Balaban J connectivity index is 1.72. The van der Waals surface area contributed by atoms with Crippen molar-refractivity contribution in [2.75, 3.05) is 0 Å². The third-order valence-corrected chi connectivity index (χ3v) is 3.87. The molecule has 0 atom stereocenters. The zero-order valence-corrected chi connectivity index (χ0v) is 12.6. The average molecular weight is 327 g/mol. The van der Waals surface area contributed by atoms with E-state index in [0.29, 0.717) is 22.6 Å². The van der Waals surface area contributed by atoms with Gasteiger partial charge in [-0.05, 0) is 43.2 Å². The highest BCUT2D eigenvalue weighted by Crippen LogP contribution is 2.20. The van der Waals surface area contributed by atoms with Gasteiger partial charge in [-0.3, -0.25) is 9.59 Å². The Kier molecular flexibility index (Phi) is 3.37. The number of halogens is 1. The van der Waals surface area contributed by atoms with Crippen LogP contribution in [0.3, 0.4) is 0 Å². The number of rotatable bonds is 4. The molecule has 1 amide bonds. The summed E-state index contributed by atoms with van der Waals surface area (Å²) in [6.07, 6.45) is 2.02. The molecule has 0 radical (unpaired) electrons. The minimum Gasteiger partial charge on any atom is -0.353 e. The quantitative estimate of drug-likeness (QED) is 0.749. The van der Waals surface area contributed by atoms with Crippen molar-refractivity contribution in [2.45, 2.75) is 25.3 Å². The number of benzene rings is 1. The monoisotopic (exact) mass is 327 g/mol. The summed E-state index contributed by atoms with van der Waals surface area (Å²) in [7, 11) is 0. The molecule has 2 aromatic heterocycles. The summed E-state index contributed by atoms with van der Waals surface area (Å²) in [6, 6.07) is 7.66. The molecule has 122 valence electrons. The molecule has 3 aromatic rings. The first-order chi connectivity index (χ1) is 11.6. The lowest BCUT2D eigenvalue weighted by molar-refractivity contribution is -0.120. The Hall–Kier alpha value is -3.03. The largest absolute Gasteiger partial charge is 0.353 e. The summed E-state index contributed by atoms with van der Waals surface area (Å²) in [5, 5.41) is 13.5. The van der Waals surface area contributed by atoms with Crippen LogP contribution in [0.1, 0.15) is 18.7 Å². The number of carbonyl (C=O) groups is 1. The van der Waals surface area contributed by atoms with E-state index in [2.05, 4.69) is 20.6 Å². The zero-order chi connectivity index (χ0) is 16.7. The number of hydrogen-bond acceptors (Lipinski definition) is 4. The Bertz CT molecular complexity index is 972. The fraction of sp³-hybridized carbons (Fsp3) is 0.250. The van der Waals surface area contributed by atoms with Crippen molar-refractivity contribution in [3.8, 4) is 11.3 Å². The van der Waals surface area contributed by atoms with Gasteiger partial charge in [0.15, 0.2) is 5.82 Å². The second-order valence-electron chi connectivity index (χ2n) is 5.82. The lowest BCUT2D eigenvalue weighted by Gasteiger charge is -2.04. The molecule has 1 aromatic carbocycles. The number of fused-ring (bicyclic) bond motifs is 1. The van der Waals surface area contributed by atoms with E-state index in [1.807, 2.05) is 0 Å². The average Bonchev–Trinajstić information content (AvgIpc) is 3.24. The molecule has 1 saturated carbocycles. The second kappa shape index (κ2) is 5.55. The number of aromatic nitrogens is 4. The zero-order valence-electron chi connectivity index (χ0n) is 12.6. The minimum absolute atomic E-state index is 0.0221. The van der Waals surface area contributed by atoms with Gasteiger partial charge in [-0.15, -0.1) is 0 Å². The molecular weight excluding hydrogens is 313 g/mol. The highest BCUT2D eigenvalue weighted by Gasteiger charge is 2.24. The van der Waals surface area contributed by atoms with Crippen molar-refractivity contribution in [2.24, 2.45) is 0 Å². The number of amides is 1. The van der Waals surface area contributed by atoms with Gasteiger partial charge < -0.3 is 5.32 Å². The van der Waals surface area contributed by atoms with Gasteiger partial charge in [-0.25, -0.2) is 14.0 Å². The summed E-state index contributed by atoms with van der Waals surface area (Å²) < 4.78 is 14.4. The first kappa shape index (κ1) is 14.6. The van der Waals surface area contributed by atoms with Gasteiger partial charge in [0.25, 0.3) is 5.56 Å². The Morgan fingerprint density at radius 1 is 1.33 bits per heavy atom. The first-order valence-electron chi connectivity index (χ1n) is 7.63. The number of aromatic amines is 1. The van der Waals surface area contributed by atoms with E-state index < -0.39 is 5.56 Å². The maximum Gasteiger partial charge on any atom is 0.290 e.